The van der Waals surface area contributed by atoms with Gasteiger partial charge in [-0.2, -0.15) is 0 Å². The molecule has 0 N–H and O–H groups in total. The Labute approximate surface area is 122 Å². The topological polar surface area (TPSA) is 52.6 Å². The van der Waals surface area contributed by atoms with Crippen molar-refractivity contribution in [2.45, 2.75) is 53.4 Å². The minimum Gasteiger partial charge on any atom is -0.462 e. The summed E-state index contributed by atoms with van der Waals surface area (Å²) in [4.78, 5) is 21.4. The van der Waals surface area contributed by atoms with Gasteiger partial charge in [0.05, 0.1) is 13.2 Å². The number of hydrogen-bond donors (Lipinski definition) is 0. The first-order valence-electron chi connectivity index (χ1n) is 7.02. The molecule has 0 aliphatic heterocycles. The molecule has 0 bridgehead atoms. The predicted octanol–water partition coefficient (Wildman–Crippen LogP) is 3.81. The maximum absolute atomic E-state index is 10.7. The first-order valence-corrected chi connectivity index (χ1v) is 7.02. The van der Waals surface area contributed by atoms with E-state index in [4.69, 9.17) is 9.47 Å². The average molecular weight is 284 g/mol. The van der Waals surface area contributed by atoms with E-state index in [1.165, 1.54) is 0 Å². The highest BCUT2D eigenvalue weighted by molar-refractivity contribution is 5.87. The van der Waals surface area contributed by atoms with Crippen LogP contribution in [-0.2, 0) is 19.1 Å². The molecule has 0 aromatic rings. The Balaban J connectivity index is 0. The average Bonchev–Trinajstić information content (AvgIpc) is 2.39. The molecule has 0 aromatic carbocycles. The van der Waals surface area contributed by atoms with E-state index >= 15 is 0 Å². The molecule has 0 aliphatic carbocycles. The van der Waals surface area contributed by atoms with E-state index in [1.54, 1.807) is 13.8 Å². The van der Waals surface area contributed by atoms with Crippen molar-refractivity contribution in [3.8, 4) is 0 Å². The number of hydrogen-bond acceptors (Lipinski definition) is 4. The van der Waals surface area contributed by atoms with Crippen LogP contribution in [0.3, 0.4) is 0 Å². The summed E-state index contributed by atoms with van der Waals surface area (Å²) in [6.45, 7) is 15.3. The van der Waals surface area contributed by atoms with E-state index in [0.717, 1.165) is 25.7 Å². The van der Waals surface area contributed by atoms with Crippen molar-refractivity contribution >= 4 is 11.9 Å². The second-order valence-electron chi connectivity index (χ2n) is 4.54. The van der Waals surface area contributed by atoms with Crippen LogP contribution in [0, 0.1) is 0 Å². The molecule has 0 rings (SSSR count). The summed E-state index contributed by atoms with van der Waals surface area (Å²) in [6, 6.07) is 0. The number of ether oxygens (including phenoxy) is 2. The van der Waals surface area contributed by atoms with Gasteiger partial charge in [0.15, 0.2) is 0 Å². The molecule has 0 heterocycles. The van der Waals surface area contributed by atoms with Gasteiger partial charge in [0.25, 0.3) is 0 Å². The van der Waals surface area contributed by atoms with Crippen LogP contribution in [0.1, 0.15) is 53.4 Å². The summed E-state index contributed by atoms with van der Waals surface area (Å²) >= 11 is 0. The molecule has 0 amide bonds. The molecule has 0 atom stereocenters. The van der Waals surface area contributed by atoms with Crippen molar-refractivity contribution in [2.75, 3.05) is 13.2 Å². The van der Waals surface area contributed by atoms with Crippen LogP contribution < -0.4 is 0 Å². The van der Waals surface area contributed by atoms with E-state index in [-0.39, 0.29) is 11.9 Å². The van der Waals surface area contributed by atoms with E-state index in [0.29, 0.717) is 24.4 Å². The van der Waals surface area contributed by atoms with Gasteiger partial charge < -0.3 is 9.47 Å². The van der Waals surface area contributed by atoms with Crippen LogP contribution in [0.15, 0.2) is 24.3 Å². The van der Waals surface area contributed by atoms with E-state index in [1.807, 2.05) is 0 Å². The highest BCUT2D eigenvalue weighted by Crippen LogP contribution is 1.95. The van der Waals surface area contributed by atoms with E-state index < -0.39 is 0 Å². The molecular weight excluding hydrogens is 256 g/mol. The standard InChI is InChI=1S/2C8H14O2/c2*1-4-5-6-10-8(9)7(2)3/h2*2,4-6H2,1,3H3. The van der Waals surface area contributed by atoms with Crippen LogP contribution in [0.25, 0.3) is 0 Å². The van der Waals surface area contributed by atoms with Crippen LogP contribution in [-0.4, -0.2) is 25.2 Å². The summed E-state index contributed by atoms with van der Waals surface area (Å²) in [7, 11) is 0. The SMILES string of the molecule is C=C(C)C(=O)OCCCC.C=C(C)C(=O)OCCCC. The Bertz CT molecular complexity index is 286. The van der Waals surface area contributed by atoms with Crippen molar-refractivity contribution in [1.82, 2.24) is 0 Å². The van der Waals surface area contributed by atoms with Crippen LogP contribution in [0.4, 0.5) is 0 Å². The number of unbranched alkanes of at least 4 members (excludes halogenated alkanes) is 2. The molecule has 0 saturated carbocycles. The number of rotatable bonds is 8. The predicted molar refractivity (Wildman–Crippen MR) is 81.4 cm³/mol. The van der Waals surface area contributed by atoms with Gasteiger partial charge in [-0.25, -0.2) is 9.59 Å². The molecule has 0 aliphatic rings. The van der Waals surface area contributed by atoms with Gasteiger partial charge in [-0.05, 0) is 26.7 Å². The van der Waals surface area contributed by atoms with Crippen molar-refractivity contribution < 1.29 is 19.1 Å². The summed E-state index contributed by atoms with van der Waals surface area (Å²) in [5, 5.41) is 0. The molecule has 4 heteroatoms. The van der Waals surface area contributed by atoms with Gasteiger partial charge in [0.1, 0.15) is 0 Å². The van der Waals surface area contributed by atoms with Gasteiger partial charge in [0, 0.05) is 11.1 Å². The molecule has 4 nitrogen and oxygen atoms in total. The number of esters is 2. The second-order valence-corrected chi connectivity index (χ2v) is 4.54. The third-order valence-corrected chi connectivity index (χ3v) is 2.16. The molecular formula is C16H28O4. The van der Waals surface area contributed by atoms with Gasteiger partial charge in [-0.15, -0.1) is 0 Å². The monoisotopic (exact) mass is 284 g/mol. The summed E-state index contributed by atoms with van der Waals surface area (Å²) in [5.74, 6) is -0.568. The molecule has 0 fully saturated rings. The largest absolute Gasteiger partial charge is 0.462 e. The molecule has 0 saturated heterocycles. The zero-order chi connectivity index (χ0) is 16.0. The van der Waals surface area contributed by atoms with Gasteiger partial charge in [-0.1, -0.05) is 39.8 Å². The lowest BCUT2D eigenvalue weighted by atomic mass is 10.3. The van der Waals surface area contributed by atoms with Gasteiger partial charge >= 0.3 is 11.9 Å². The quantitative estimate of drug-likeness (QED) is 0.386. The lowest BCUT2D eigenvalue weighted by Crippen LogP contribution is -2.05. The Kier molecular flexibility index (Phi) is 14.3. The first kappa shape index (κ1) is 20.7. The lowest BCUT2D eigenvalue weighted by molar-refractivity contribution is -0.139. The summed E-state index contributed by atoms with van der Waals surface area (Å²) in [5.41, 5.74) is 0.937. The molecule has 0 aromatic heterocycles. The minimum absolute atomic E-state index is 0.284. The van der Waals surface area contributed by atoms with Crippen molar-refractivity contribution in [3.05, 3.63) is 24.3 Å². The fourth-order valence-electron chi connectivity index (χ4n) is 0.865. The molecule has 0 unspecified atom stereocenters. The number of carbonyl (C=O) groups excluding carboxylic acids is 2. The van der Waals surface area contributed by atoms with Crippen LogP contribution in [0.2, 0.25) is 0 Å². The molecule has 116 valence electrons. The third kappa shape index (κ3) is 14.5. The number of carbonyl (C=O) groups is 2. The lowest BCUT2D eigenvalue weighted by Gasteiger charge is -2.01. The zero-order valence-corrected chi connectivity index (χ0v) is 13.3. The van der Waals surface area contributed by atoms with Gasteiger partial charge in [0.2, 0.25) is 0 Å². The summed E-state index contributed by atoms with van der Waals surface area (Å²) < 4.78 is 9.61. The summed E-state index contributed by atoms with van der Waals surface area (Å²) in [6.07, 6.45) is 3.95. The molecule has 0 radical (unpaired) electrons. The highest BCUT2D eigenvalue weighted by Gasteiger charge is 2.00. The van der Waals surface area contributed by atoms with Gasteiger partial charge in [-0.3, -0.25) is 0 Å². The van der Waals surface area contributed by atoms with E-state index in [2.05, 4.69) is 27.0 Å². The Morgan fingerprint density at radius 3 is 1.30 bits per heavy atom. The Morgan fingerprint density at radius 2 is 1.10 bits per heavy atom. The highest BCUT2D eigenvalue weighted by atomic mass is 16.5. The van der Waals surface area contributed by atoms with E-state index in [9.17, 15) is 9.59 Å². The fourth-order valence-corrected chi connectivity index (χ4v) is 0.865. The first-order chi connectivity index (χ1) is 9.36. The fraction of sp³-hybridized carbons (Fsp3) is 0.625. The van der Waals surface area contributed by atoms with Crippen molar-refractivity contribution in [3.63, 3.8) is 0 Å². The van der Waals surface area contributed by atoms with Crippen LogP contribution >= 0.6 is 0 Å². The maximum atomic E-state index is 10.7. The van der Waals surface area contributed by atoms with Crippen molar-refractivity contribution in [1.29, 1.82) is 0 Å². The smallest absolute Gasteiger partial charge is 0.333 e. The third-order valence-electron chi connectivity index (χ3n) is 2.16. The minimum atomic E-state index is -0.284. The normalized spacial score (nSPS) is 9.00. The Morgan fingerprint density at radius 1 is 0.800 bits per heavy atom. The molecule has 20 heavy (non-hydrogen) atoms. The zero-order valence-electron chi connectivity index (χ0n) is 13.3. The molecule has 0 spiro atoms. The maximum Gasteiger partial charge on any atom is 0.333 e. The second kappa shape index (κ2) is 13.8. The van der Waals surface area contributed by atoms with Crippen LogP contribution in [0.5, 0.6) is 0 Å². The van der Waals surface area contributed by atoms with Crippen molar-refractivity contribution in [2.24, 2.45) is 0 Å². The Hall–Kier alpha value is -1.58.